The third kappa shape index (κ3) is 9.44. The molecule has 0 saturated carbocycles. The van der Waals surface area contributed by atoms with Gasteiger partial charge in [-0.3, -0.25) is 4.90 Å². The average Bonchev–Trinajstić information content (AvgIpc) is 3.28. The summed E-state index contributed by atoms with van der Waals surface area (Å²) in [7, 11) is 1.53. The van der Waals surface area contributed by atoms with Crippen molar-refractivity contribution in [3.63, 3.8) is 0 Å². The molecule has 2 aromatic rings. The van der Waals surface area contributed by atoms with E-state index in [4.69, 9.17) is 13.9 Å². The summed E-state index contributed by atoms with van der Waals surface area (Å²) in [5.41, 5.74) is 0.757. The van der Waals surface area contributed by atoms with E-state index in [0.29, 0.717) is 24.8 Å². The van der Waals surface area contributed by atoms with Gasteiger partial charge in [-0.25, -0.2) is 9.38 Å². The molecule has 0 radical (unpaired) electrons. The zero-order valence-electron chi connectivity index (χ0n) is 17.9. The predicted molar refractivity (Wildman–Crippen MR) is 130 cm³/mol. The highest BCUT2D eigenvalue weighted by Gasteiger charge is 2.09. The van der Waals surface area contributed by atoms with E-state index in [9.17, 15) is 4.39 Å². The first-order chi connectivity index (χ1) is 14.7. The van der Waals surface area contributed by atoms with Crippen LogP contribution in [0.2, 0.25) is 0 Å². The number of aliphatic imine (C=N–C) groups is 1. The minimum absolute atomic E-state index is 0. The number of rotatable bonds is 10. The molecule has 0 aliphatic carbocycles. The molecule has 1 aliphatic rings. The van der Waals surface area contributed by atoms with E-state index in [1.165, 1.54) is 19.2 Å². The van der Waals surface area contributed by atoms with Crippen LogP contribution in [0.5, 0.6) is 5.75 Å². The van der Waals surface area contributed by atoms with Gasteiger partial charge in [0.15, 0.2) is 5.96 Å². The summed E-state index contributed by atoms with van der Waals surface area (Å²) in [6.07, 6.45) is 3.44. The van der Waals surface area contributed by atoms with Crippen LogP contribution in [0.15, 0.2) is 46.0 Å². The minimum atomic E-state index is -0.328. The fourth-order valence-corrected chi connectivity index (χ4v) is 3.27. The van der Waals surface area contributed by atoms with Crippen LogP contribution < -0.4 is 15.4 Å². The molecule has 2 N–H and O–H groups in total. The van der Waals surface area contributed by atoms with Gasteiger partial charge in [0.2, 0.25) is 0 Å². The van der Waals surface area contributed by atoms with Crippen molar-refractivity contribution in [2.75, 3.05) is 53.0 Å². The van der Waals surface area contributed by atoms with Crippen LogP contribution in [-0.4, -0.2) is 63.9 Å². The Hall–Kier alpha value is -1.85. The summed E-state index contributed by atoms with van der Waals surface area (Å²) in [6, 6.07) is 8.47. The third-order valence-corrected chi connectivity index (χ3v) is 4.88. The highest BCUT2D eigenvalue weighted by Crippen LogP contribution is 2.16. The lowest BCUT2D eigenvalue weighted by Crippen LogP contribution is -2.41. The Morgan fingerprint density at radius 1 is 1.19 bits per heavy atom. The SMILES string of the molecule is COc1cc(F)cc(CN=C(NCCCN2CCOCC2)NCCc2ccco2)c1.I. The summed E-state index contributed by atoms with van der Waals surface area (Å²) in [4.78, 5) is 7.03. The van der Waals surface area contributed by atoms with Gasteiger partial charge in [-0.15, -0.1) is 24.0 Å². The third-order valence-electron chi connectivity index (χ3n) is 4.88. The van der Waals surface area contributed by atoms with Crippen LogP contribution in [0, 0.1) is 5.82 Å². The second kappa shape index (κ2) is 14.3. The monoisotopic (exact) mass is 546 g/mol. The molecule has 9 heteroatoms. The smallest absolute Gasteiger partial charge is 0.191 e. The standard InChI is InChI=1S/C22H31FN4O3.HI/c1-28-21-15-18(14-19(23)16-21)17-26-22(25-7-5-20-4-2-11-30-20)24-6-3-8-27-9-12-29-13-10-27;/h2,4,11,14-16H,3,5-10,12-13,17H2,1H3,(H2,24,25,26);1H. The molecular formula is C22H32FIN4O3. The fourth-order valence-electron chi connectivity index (χ4n) is 3.27. The summed E-state index contributed by atoms with van der Waals surface area (Å²) in [6.45, 7) is 6.47. The summed E-state index contributed by atoms with van der Waals surface area (Å²) >= 11 is 0. The lowest BCUT2D eigenvalue weighted by molar-refractivity contribution is 0.0376. The summed E-state index contributed by atoms with van der Waals surface area (Å²) in [5, 5.41) is 6.71. The molecule has 172 valence electrons. The number of nitrogens with zero attached hydrogens (tertiary/aromatic N) is 2. The minimum Gasteiger partial charge on any atom is -0.497 e. The van der Waals surface area contributed by atoms with Gasteiger partial charge in [-0.2, -0.15) is 0 Å². The molecule has 31 heavy (non-hydrogen) atoms. The van der Waals surface area contributed by atoms with Crippen molar-refractivity contribution < 1.29 is 18.3 Å². The Labute approximate surface area is 200 Å². The normalized spacial score (nSPS) is 14.7. The Bertz CT molecular complexity index is 783. The molecule has 1 aromatic heterocycles. The number of ether oxygens (including phenoxy) is 2. The van der Waals surface area contributed by atoms with E-state index < -0.39 is 0 Å². The number of guanidine groups is 1. The lowest BCUT2D eigenvalue weighted by Gasteiger charge is -2.26. The van der Waals surface area contributed by atoms with Gasteiger partial charge in [0.25, 0.3) is 0 Å². The molecule has 0 unspecified atom stereocenters. The van der Waals surface area contributed by atoms with Crippen molar-refractivity contribution in [1.29, 1.82) is 0 Å². The van der Waals surface area contributed by atoms with E-state index in [1.54, 1.807) is 12.3 Å². The van der Waals surface area contributed by atoms with Gasteiger partial charge in [0.1, 0.15) is 17.3 Å². The van der Waals surface area contributed by atoms with Gasteiger partial charge in [-0.05, 0) is 42.8 Å². The fraction of sp³-hybridized carbons (Fsp3) is 0.500. The number of furan rings is 1. The maximum atomic E-state index is 13.7. The zero-order chi connectivity index (χ0) is 21.0. The molecule has 2 heterocycles. The first-order valence-electron chi connectivity index (χ1n) is 10.4. The van der Waals surface area contributed by atoms with Crippen LogP contribution in [0.25, 0.3) is 0 Å². The van der Waals surface area contributed by atoms with Crippen molar-refractivity contribution in [3.05, 3.63) is 53.7 Å². The predicted octanol–water partition coefficient (Wildman–Crippen LogP) is 3.05. The Kier molecular flexibility index (Phi) is 11.7. The van der Waals surface area contributed by atoms with Crippen LogP contribution in [0.3, 0.4) is 0 Å². The van der Waals surface area contributed by atoms with Gasteiger partial charge in [0, 0.05) is 38.7 Å². The number of nitrogens with one attached hydrogen (secondary N) is 2. The van der Waals surface area contributed by atoms with Crippen molar-refractivity contribution in [1.82, 2.24) is 15.5 Å². The number of hydrogen-bond acceptors (Lipinski definition) is 5. The lowest BCUT2D eigenvalue weighted by atomic mass is 10.2. The van der Waals surface area contributed by atoms with Gasteiger partial charge >= 0.3 is 0 Å². The Morgan fingerprint density at radius 2 is 2.00 bits per heavy atom. The maximum Gasteiger partial charge on any atom is 0.191 e. The van der Waals surface area contributed by atoms with Gasteiger partial charge in [-0.1, -0.05) is 0 Å². The highest BCUT2D eigenvalue weighted by molar-refractivity contribution is 14.0. The quantitative estimate of drug-likeness (QED) is 0.207. The van der Waals surface area contributed by atoms with E-state index in [2.05, 4.69) is 20.5 Å². The largest absolute Gasteiger partial charge is 0.497 e. The van der Waals surface area contributed by atoms with Crippen molar-refractivity contribution in [3.8, 4) is 5.75 Å². The first kappa shape index (κ1) is 25.4. The van der Waals surface area contributed by atoms with Crippen LogP contribution in [0.4, 0.5) is 4.39 Å². The molecule has 0 spiro atoms. The Balaban J connectivity index is 0.00000341. The number of halogens is 2. The molecule has 7 nitrogen and oxygen atoms in total. The van der Waals surface area contributed by atoms with Crippen molar-refractivity contribution in [2.45, 2.75) is 19.4 Å². The molecule has 3 rings (SSSR count). The van der Waals surface area contributed by atoms with E-state index >= 15 is 0 Å². The van der Waals surface area contributed by atoms with Crippen molar-refractivity contribution in [2.24, 2.45) is 4.99 Å². The molecule has 0 bridgehead atoms. The van der Waals surface area contributed by atoms with Gasteiger partial charge < -0.3 is 24.5 Å². The van der Waals surface area contributed by atoms with Gasteiger partial charge in [0.05, 0.1) is 33.1 Å². The number of morpholine rings is 1. The number of benzene rings is 1. The van der Waals surface area contributed by atoms with Crippen molar-refractivity contribution >= 4 is 29.9 Å². The van der Waals surface area contributed by atoms with E-state index in [-0.39, 0.29) is 29.8 Å². The summed E-state index contributed by atoms with van der Waals surface area (Å²) < 4.78 is 29.6. The second-order valence-corrected chi connectivity index (χ2v) is 7.15. The molecule has 1 aromatic carbocycles. The van der Waals surface area contributed by atoms with E-state index in [1.807, 2.05) is 12.1 Å². The van der Waals surface area contributed by atoms with Crippen LogP contribution in [-0.2, 0) is 17.7 Å². The average molecular weight is 546 g/mol. The second-order valence-electron chi connectivity index (χ2n) is 7.15. The Morgan fingerprint density at radius 3 is 2.74 bits per heavy atom. The number of methoxy groups -OCH3 is 1. The topological polar surface area (TPSA) is 71.3 Å². The first-order valence-corrected chi connectivity index (χ1v) is 10.4. The molecule has 1 aliphatic heterocycles. The highest BCUT2D eigenvalue weighted by atomic mass is 127. The molecular weight excluding hydrogens is 514 g/mol. The van der Waals surface area contributed by atoms with E-state index in [0.717, 1.165) is 63.6 Å². The maximum absolute atomic E-state index is 13.7. The van der Waals surface area contributed by atoms with Crippen LogP contribution in [0.1, 0.15) is 17.7 Å². The molecule has 1 saturated heterocycles. The molecule has 0 atom stereocenters. The molecule has 1 fully saturated rings. The summed E-state index contributed by atoms with van der Waals surface area (Å²) in [5.74, 6) is 1.78. The number of hydrogen-bond donors (Lipinski definition) is 2. The van der Waals surface area contributed by atoms with Crippen LogP contribution >= 0.6 is 24.0 Å². The molecule has 0 amide bonds. The zero-order valence-corrected chi connectivity index (χ0v) is 20.3.